The summed E-state index contributed by atoms with van der Waals surface area (Å²) in [5, 5.41) is 9.19. The molecule has 114 valence electrons. The van der Waals surface area contributed by atoms with Crippen LogP contribution >= 0.6 is 0 Å². The number of rotatable bonds is 7. The predicted molar refractivity (Wildman–Crippen MR) is 73.8 cm³/mol. The van der Waals surface area contributed by atoms with Gasteiger partial charge in [0.25, 0.3) is 0 Å². The van der Waals surface area contributed by atoms with Crippen LogP contribution in [0.25, 0.3) is 0 Å². The van der Waals surface area contributed by atoms with Gasteiger partial charge in [-0.3, -0.25) is 4.90 Å². The van der Waals surface area contributed by atoms with Gasteiger partial charge in [0.2, 0.25) is 0 Å². The van der Waals surface area contributed by atoms with Crippen LogP contribution in [0.3, 0.4) is 0 Å². The van der Waals surface area contributed by atoms with Gasteiger partial charge in [0, 0.05) is 6.04 Å². The van der Waals surface area contributed by atoms with Gasteiger partial charge in [0.15, 0.2) is 0 Å². The van der Waals surface area contributed by atoms with Crippen molar-refractivity contribution in [2.24, 2.45) is 0 Å². The average molecular weight is 289 g/mol. The van der Waals surface area contributed by atoms with Crippen LogP contribution in [0.1, 0.15) is 32.3 Å². The Morgan fingerprint density at radius 3 is 2.30 bits per heavy atom. The number of alkyl halides is 3. The van der Waals surface area contributed by atoms with Gasteiger partial charge in [-0.15, -0.1) is 0 Å². The average Bonchev–Trinajstić information content (AvgIpc) is 2.35. The second-order valence-corrected chi connectivity index (χ2v) is 5.14. The maximum Gasteiger partial charge on any atom is 0.401 e. The third-order valence-electron chi connectivity index (χ3n) is 3.30. The first-order valence-electron chi connectivity index (χ1n) is 6.90. The van der Waals surface area contributed by atoms with E-state index in [1.54, 1.807) is 24.3 Å². The van der Waals surface area contributed by atoms with Crippen molar-refractivity contribution in [3.8, 4) is 5.75 Å². The molecule has 0 saturated heterocycles. The molecule has 1 N–H and O–H groups in total. The first kappa shape index (κ1) is 16.8. The summed E-state index contributed by atoms with van der Waals surface area (Å²) >= 11 is 0. The molecule has 0 bridgehead atoms. The molecule has 0 fully saturated rings. The second-order valence-electron chi connectivity index (χ2n) is 5.14. The van der Waals surface area contributed by atoms with E-state index in [0.717, 1.165) is 5.56 Å². The molecule has 0 radical (unpaired) electrons. The van der Waals surface area contributed by atoms with Crippen molar-refractivity contribution in [2.45, 2.75) is 45.3 Å². The summed E-state index contributed by atoms with van der Waals surface area (Å²) < 4.78 is 37.6. The van der Waals surface area contributed by atoms with E-state index in [-0.39, 0.29) is 11.8 Å². The fourth-order valence-electron chi connectivity index (χ4n) is 2.19. The first-order chi connectivity index (χ1) is 9.31. The van der Waals surface area contributed by atoms with Crippen molar-refractivity contribution in [1.29, 1.82) is 0 Å². The molecule has 0 aliphatic heterocycles. The van der Waals surface area contributed by atoms with E-state index in [1.807, 2.05) is 13.8 Å². The van der Waals surface area contributed by atoms with Gasteiger partial charge in [0.1, 0.15) is 5.75 Å². The summed E-state index contributed by atoms with van der Waals surface area (Å²) in [6.45, 7) is 3.33. The smallest absolute Gasteiger partial charge is 0.401 e. The third kappa shape index (κ3) is 6.28. The van der Waals surface area contributed by atoms with Gasteiger partial charge in [-0.25, -0.2) is 0 Å². The van der Waals surface area contributed by atoms with Crippen LogP contribution in [-0.2, 0) is 6.42 Å². The molecule has 0 aromatic heterocycles. The molecule has 0 aliphatic rings. The number of hydrogen-bond acceptors (Lipinski definition) is 2. The normalized spacial score (nSPS) is 13.7. The molecule has 0 aliphatic carbocycles. The highest BCUT2D eigenvalue weighted by Gasteiger charge is 2.32. The molecule has 0 spiro atoms. The molecular formula is C15H22F3NO. The molecule has 5 heteroatoms. The Labute approximate surface area is 118 Å². The lowest BCUT2D eigenvalue weighted by molar-refractivity contribution is -0.150. The van der Waals surface area contributed by atoms with E-state index in [9.17, 15) is 18.3 Å². The molecule has 0 heterocycles. The van der Waals surface area contributed by atoms with Crippen molar-refractivity contribution < 1.29 is 18.3 Å². The van der Waals surface area contributed by atoms with Crippen molar-refractivity contribution in [3.63, 3.8) is 0 Å². The maximum absolute atomic E-state index is 12.5. The minimum Gasteiger partial charge on any atom is -0.508 e. The molecule has 0 amide bonds. The van der Waals surface area contributed by atoms with Gasteiger partial charge in [-0.2, -0.15) is 13.2 Å². The van der Waals surface area contributed by atoms with Gasteiger partial charge in [-0.05, 0) is 50.4 Å². The van der Waals surface area contributed by atoms with Gasteiger partial charge < -0.3 is 5.11 Å². The van der Waals surface area contributed by atoms with Crippen molar-refractivity contribution in [3.05, 3.63) is 29.8 Å². The molecule has 1 atom stereocenters. The van der Waals surface area contributed by atoms with E-state index < -0.39 is 12.7 Å². The van der Waals surface area contributed by atoms with E-state index in [0.29, 0.717) is 25.8 Å². The van der Waals surface area contributed by atoms with Crippen LogP contribution in [0, 0.1) is 0 Å². The van der Waals surface area contributed by atoms with Crippen LogP contribution in [-0.4, -0.2) is 35.3 Å². The summed E-state index contributed by atoms with van der Waals surface area (Å²) in [4.78, 5) is 1.49. The van der Waals surface area contributed by atoms with Crippen molar-refractivity contribution in [2.75, 3.05) is 13.1 Å². The maximum atomic E-state index is 12.5. The van der Waals surface area contributed by atoms with Crippen molar-refractivity contribution in [1.82, 2.24) is 4.90 Å². The summed E-state index contributed by atoms with van der Waals surface area (Å²) in [6.07, 6.45) is -2.07. The summed E-state index contributed by atoms with van der Waals surface area (Å²) in [5.74, 6) is 0.200. The number of hydrogen-bond donors (Lipinski definition) is 1. The minimum atomic E-state index is -4.15. The topological polar surface area (TPSA) is 23.5 Å². The van der Waals surface area contributed by atoms with Crippen LogP contribution in [0.2, 0.25) is 0 Å². The standard InChI is InChI=1S/C15H22F3NO/c1-3-10-19(11-15(16,17)18)12(2)4-5-13-6-8-14(20)9-7-13/h6-9,12,20H,3-5,10-11H2,1-2H3. The Morgan fingerprint density at radius 2 is 1.80 bits per heavy atom. The SMILES string of the molecule is CCCN(CC(F)(F)F)C(C)CCc1ccc(O)cc1. The molecule has 1 rings (SSSR count). The first-order valence-corrected chi connectivity index (χ1v) is 6.90. The Balaban J connectivity index is 2.52. The second kappa shape index (κ2) is 7.53. The summed E-state index contributed by atoms with van der Waals surface area (Å²) in [7, 11) is 0. The number of phenols is 1. The van der Waals surface area contributed by atoms with Crippen LogP contribution in [0.15, 0.2) is 24.3 Å². The number of benzene rings is 1. The molecular weight excluding hydrogens is 267 g/mol. The minimum absolute atomic E-state index is 0.120. The number of aryl methyl sites for hydroxylation is 1. The third-order valence-corrected chi connectivity index (χ3v) is 3.30. The Bertz CT molecular complexity index is 389. The summed E-state index contributed by atoms with van der Waals surface area (Å²) in [5.41, 5.74) is 1.03. The fraction of sp³-hybridized carbons (Fsp3) is 0.600. The summed E-state index contributed by atoms with van der Waals surface area (Å²) in [6, 6.07) is 6.68. The number of halogens is 3. The lowest BCUT2D eigenvalue weighted by atomic mass is 10.0. The predicted octanol–water partition coefficient (Wildman–Crippen LogP) is 3.99. The molecule has 2 nitrogen and oxygen atoms in total. The van der Waals surface area contributed by atoms with E-state index in [1.165, 1.54) is 4.90 Å². The van der Waals surface area contributed by atoms with Gasteiger partial charge in [-0.1, -0.05) is 19.1 Å². The molecule has 1 unspecified atom stereocenters. The highest BCUT2D eigenvalue weighted by Crippen LogP contribution is 2.20. The van der Waals surface area contributed by atoms with Crippen molar-refractivity contribution >= 4 is 0 Å². The lowest BCUT2D eigenvalue weighted by Crippen LogP contribution is -2.41. The fourth-order valence-corrected chi connectivity index (χ4v) is 2.19. The number of aromatic hydroxyl groups is 1. The molecule has 1 aromatic rings. The zero-order valence-corrected chi connectivity index (χ0v) is 12.0. The Hall–Kier alpha value is -1.23. The quantitative estimate of drug-likeness (QED) is 0.820. The molecule has 20 heavy (non-hydrogen) atoms. The van der Waals surface area contributed by atoms with Crippen LogP contribution in [0.5, 0.6) is 5.75 Å². The lowest BCUT2D eigenvalue weighted by Gasteiger charge is -2.29. The van der Waals surface area contributed by atoms with Gasteiger partial charge >= 0.3 is 6.18 Å². The monoisotopic (exact) mass is 289 g/mol. The largest absolute Gasteiger partial charge is 0.508 e. The van der Waals surface area contributed by atoms with E-state index >= 15 is 0 Å². The molecule has 0 saturated carbocycles. The zero-order chi connectivity index (χ0) is 15.2. The number of nitrogens with zero attached hydrogens (tertiary/aromatic N) is 1. The number of phenolic OH excluding ortho intramolecular Hbond substituents is 1. The van der Waals surface area contributed by atoms with Crippen LogP contribution < -0.4 is 0 Å². The zero-order valence-electron chi connectivity index (χ0n) is 12.0. The van der Waals surface area contributed by atoms with Crippen LogP contribution in [0.4, 0.5) is 13.2 Å². The Morgan fingerprint density at radius 1 is 1.20 bits per heavy atom. The Kier molecular flexibility index (Phi) is 6.33. The van der Waals surface area contributed by atoms with E-state index in [2.05, 4.69) is 0 Å². The van der Waals surface area contributed by atoms with Gasteiger partial charge in [0.05, 0.1) is 6.54 Å². The highest BCUT2D eigenvalue weighted by molar-refractivity contribution is 5.25. The molecule has 1 aromatic carbocycles. The highest BCUT2D eigenvalue weighted by atomic mass is 19.4. The van der Waals surface area contributed by atoms with E-state index in [4.69, 9.17) is 0 Å².